The first-order chi connectivity index (χ1) is 7.15. The summed E-state index contributed by atoms with van der Waals surface area (Å²) in [5.41, 5.74) is 1.24. The average Bonchev–Trinajstić information content (AvgIpc) is 2.17. The van der Waals surface area contributed by atoms with E-state index in [-0.39, 0.29) is 5.75 Å². The van der Waals surface area contributed by atoms with E-state index in [1.54, 1.807) is 18.2 Å². The van der Waals surface area contributed by atoms with Gasteiger partial charge in [-0.25, -0.2) is 0 Å². The highest BCUT2D eigenvalue weighted by molar-refractivity contribution is 5.40. The van der Waals surface area contributed by atoms with Crippen LogP contribution in [0.15, 0.2) is 30.9 Å². The van der Waals surface area contributed by atoms with E-state index in [0.29, 0.717) is 6.42 Å². The largest absolute Gasteiger partial charge is 0.508 e. The molecule has 2 N–H and O–H groups in total. The zero-order chi connectivity index (χ0) is 10.9. The fourth-order valence-electron chi connectivity index (χ4n) is 2.40. The molecule has 1 aliphatic rings. The first-order valence-electron chi connectivity index (χ1n) is 5.31. The quantitative estimate of drug-likeness (QED) is 0.727. The summed E-state index contributed by atoms with van der Waals surface area (Å²) < 4.78 is 0. The first-order valence-corrected chi connectivity index (χ1v) is 5.31. The van der Waals surface area contributed by atoms with Gasteiger partial charge in [0.25, 0.3) is 0 Å². The number of hydrogen-bond donors (Lipinski definition) is 2. The number of aromatic hydroxyl groups is 1. The molecule has 1 aromatic rings. The Kier molecular flexibility index (Phi) is 2.53. The molecule has 1 aliphatic carbocycles. The highest BCUT2D eigenvalue weighted by Gasteiger charge is 2.32. The maximum Gasteiger partial charge on any atom is 0.115 e. The molecular weight excluding hydrogens is 188 g/mol. The lowest BCUT2D eigenvalue weighted by Crippen LogP contribution is -2.29. The molecule has 0 fully saturated rings. The van der Waals surface area contributed by atoms with Gasteiger partial charge >= 0.3 is 0 Å². The van der Waals surface area contributed by atoms with Gasteiger partial charge in [0.05, 0.1) is 5.60 Å². The molecule has 1 atom stereocenters. The van der Waals surface area contributed by atoms with Crippen LogP contribution in [0.2, 0.25) is 0 Å². The summed E-state index contributed by atoms with van der Waals surface area (Å²) in [5, 5.41) is 19.8. The van der Waals surface area contributed by atoms with Crippen molar-refractivity contribution >= 4 is 0 Å². The summed E-state index contributed by atoms with van der Waals surface area (Å²) in [6, 6.07) is 5.22. The third-order valence-electron chi connectivity index (χ3n) is 3.11. The van der Waals surface area contributed by atoms with Crippen molar-refractivity contribution in [1.29, 1.82) is 0 Å². The molecule has 0 aliphatic heterocycles. The van der Waals surface area contributed by atoms with E-state index in [1.807, 2.05) is 6.07 Å². The molecule has 0 saturated heterocycles. The van der Waals surface area contributed by atoms with Gasteiger partial charge < -0.3 is 10.2 Å². The number of phenols is 1. The Morgan fingerprint density at radius 1 is 1.47 bits per heavy atom. The highest BCUT2D eigenvalue weighted by atomic mass is 16.3. The van der Waals surface area contributed by atoms with Crippen molar-refractivity contribution in [3.63, 3.8) is 0 Å². The smallest absolute Gasteiger partial charge is 0.115 e. The number of rotatable bonds is 2. The number of fused-ring (bicyclic) bond motifs is 1. The van der Waals surface area contributed by atoms with Gasteiger partial charge in [-0.2, -0.15) is 0 Å². The number of benzene rings is 1. The molecule has 2 heteroatoms. The minimum absolute atomic E-state index is 0.275. The molecule has 0 spiro atoms. The van der Waals surface area contributed by atoms with Gasteiger partial charge in [0.15, 0.2) is 0 Å². The summed E-state index contributed by atoms with van der Waals surface area (Å²) in [6.07, 6.45) is 4.99. The van der Waals surface area contributed by atoms with Gasteiger partial charge in [-0.15, -0.1) is 6.58 Å². The molecule has 0 heterocycles. The second-order valence-corrected chi connectivity index (χ2v) is 4.22. The molecule has 0 aromatic heterocycles. The van der Waals surface area contributed by atoms with Crippen LogP contribution in [-0.4, -0.2) is 10.2 Å². The van der Waals surface area contributed by atoms with Crippen LogP contribution >= 0.6 is 0 Å². The normalized spacial score (nSPS) is 24.6. The van der Waals surface area contributed by atoms with Crippen LogP contribution in [0.5, 0.6) is 5.75 Å². The van der Waals surface area contributed by atoms with Crippen molar-refractivity contribution in [2.24, 2.45) is 0 Å². The fourth-order valence-corrected chi connectivity index (χ4v) is 2.40. The van der Waals surface area contributed by atoms with Crippen LogP contribution < -0.4 is 0 Å². The minimum atomic E-state index is -0.775. The van der Waals surface area contributed by atoms with E-state index >= 15 is 0 Å². The number of aliphatic hydroxyl groups is 1. The molecule has 2 nitrogen and oxygen atoms in total. The Labute approximate surface area is 89.9 Å². The second-order valence-electron chi connectivity index (χ2n) is 4.22. The van der Waals surface area contributed by atoms with Gasteiger partial charge in [-0.3, -0.25) is 0 Å². The standard InChI is InChI=1S/C13H16O2/c1-2-7-13(15)8-3-4-10-9-11(14)5-6-12(10)13/h2,5-6,9,14-15H,1,3-4,7-8H2. The van der Waals surface area contributed by atoms with Gasteiger partial charge in [0.1, 0.15) is 5.75 Å². The molecule has 1 aromatic carbocycles. The lowest BCUT2D eigenvalue weighted by molar-refractivity contribution is 0.0218. The molecule has 80 valence electrons. The van der Waals surface area contributed by atoms with Crippen LogP contribution in [0.3, 0.4) is 0 Å². The second kappa shape index (κ2) is 3.70. The van der Waals surface area contributed by atoms with E-state index in [9.17, 15) is 10.2 Å². The third-order valence-corrected chi connectivity index (χ3v) is 3.11. The van der Waals surface area contributed by atoms with Crippen molar-refractivity contribution in [3.8, 4) is 5.75 Å². The van der Waals surface area contributed by atoms with Gasteiger partial charge in [-0.05, 0) is 48.9 Å². The predicted octanol–water partition coefficient (Wildman–Crippen LogP) is 2.49. The third kappa shape index (κ3) is 1.77. The van der Waals surface area contributed by atoms with Crippen molar-refractivity contribution < 1.29 is 10.2 Å². The predicted molar refractivity (Wildman–Crippen MR) is 59.8 cm³/mol. The van der Waals surface area contributed by atoms with Crippen molar-refractivity contribution in [2.75, 3.05) is 0 Å². The summed E-state index contributed by atoms with van der Waals surface area (Å²) in [5.74, 6) is 0.275. The molecule has 15 heavy (non-hydrogen) atoms. The van der Waals surface area contributed by atoms with Gasteiger partial charge in [-0.1, -0.05) is 12.1 Å². The Bertz CT molecular complexity index is 384. The van der Waals surface area contributed by atoms with E-state index in [1.165, 1.54) is 0 Å². The van der Waals surface area contributed by atoms with Crippen LogP contribution in [0.4, 0.5) is 0 Å². The number of aryl methyl sites for hydroxylation is 1. The fraction of sp³-hybridized carbons (Fsp3) is 0.385. The molecule has 0 radical (unpaired) electrons. The van der Waals surface area contributed by atoms with Crippen molar-refractivity contribution in [2.45, 2.75) is 31.3 Å². The van der Waals surface area contributed by atoms with Gasteiger partial charge in [0.2, 0.25) is 0 Å². The Morgan fingerprint density at radius 2 is 2.27 bits per heavy atom. The molecular formula is C13H16O2. The van der Waals surface area contributed by atoms with E-state index in [0.717, 1.165) is 30.4 Å². The van der Waals surface area contributed by atoms with Crippen molar-refractivity contribution in [3.05, 3.63) is 42.0 Å². The molecule has 0 saturated carbocycles. The number of phenolic OH excluding ortho intramolecular Hbond substituents is 1. The monoisotopic (exact) mass is 204 g/mol. The van der Waals surface area contributed by atoms with Crippen LogP contribution in [-0.2, 0) is 12.0 Å². The van der Waals surface area contributed by atoms with E-state index < -0.39 is 5.60 Å². The molecule has 1 unspecified atom stereocenters. The SMILES string of the molecule is C=CCC1(O)CCCc2cc(O)ccc21. The maximum absolute atomic E-state index is 10.5. The lowest BCUT2D eigenvalue weighted by Gasteiger charge is -2.33. The Balaban J connectivity index is 2.46. The van der Waals surface area contributed by atoms with Crippen LogP contribution in [0.25, 0.3) is 0 Å². The van der Waals surface area contributed by atoms with Crippen LogP contribution in [0.1, 0.15) is 30.4 Å². The zero-order valence-corrected chi connectivity index (χ0v) is 8.74. The lowest BCUT2D eigenvalue weighted by atomic mass is 9.77. The van der Waals surface area contributed by atoms with E-state index in [4.69, 9.17) is 0 Å². The topological polar surface area (TPSA) is 40.5 Å². The van der Waals surface area contributed by atoms with Crippen LogP contribution in [0, 0.1) is 0 Å². The summed E-state index contributed by atoms with van der Waals surface area (Å²) in [7, 11) is 0. The molecule has 2 rings (SSSR count). The Hall–Kier alpha value is -1.28. The van der Waals surface area contributed by atoms with Crippen molar-refractivity contribution in [1.82, 2.24) is 0 Å². The highest BCUT2D eigenvalue weighted by Crippen LogP contribution is 2.39. The summed E-state index contributed by atoms with van der Waals surface area (Å²) >= 11 is 0. The molecule has 0 bridgehead atoms. The zero-order valence-electron chi connectivity index (χ0n) is 8.74. The maximum atomic E-state index is 10.5. The van der Waals surface area contributed by atoms with Gasteiger partial charge in [0, 0.05) is 0 Å². The Morgan fingerprint density at radius 3 is 3.00 bits per heavy atom. The average molecular weight is 204 g/mol. The first kappa shape index (κ1) is 10.2. The van der Waals surface area contributed by atoms with E-state index in [2.05, 4.69) is 6.58 Å². The summed E-state index contributed by atoms with van der Waals surface area (Å²) in [4.78, 5) is 0. The summed E-state index contributed by atoms with van der Waals surface area (Å²) in [6.45, 7) is 3.68. The minimum Gasteiger partial charge on any atom is -0.508 e. The molecule has 0 amide bonds. The number of hydrogen-bond acceptors (Lipinski definition) is 2.